The van der Waals surface area contributed by atoms with Crippen molar-refractivity contribution in [3.8, 4) is 0 Å². The molecule has 3 N–H and O–H groups in total. The van der Waals surface area contributed by atoms with E-state index in [0.717, 1.165) is 18.4 Å². The zero-order valence-corrected chi connectivity index (χ0v) is 23.7. The first-order chi connectivity index (χ1) is 17.1. The summed E-state index contributed by atoms with van der Waals surface area (Å²) in [5, 5.41) is 12.2. The van der Waals surface area contributed by atoms with Crippen molar-refractivity contribution in [2.45, 2.75) is 12.1 Å². The molecular formula is C19H18ClN6NaO8S2. The second-order valence-corrected chi connectivity index (χ2v) is 9.40. The van der Waals surface area contributed by atoms with Gasteiger partial charge in [-0.05, 0) is 12.1 Å². The molecule has 4 amide bonds. The van der Waals surface area contributed by atoms with Crippen LogP contribution in [0.5, 0.6) is 0 Å². The normalized spacial score (nSPS) is 17.2. The third-order valence-electron chi connectivity index (χ3n) is 4.72. The summed E-state index contributed by atoms with van der Waals surface area (Å²) < 4.78 is 34.8. The molecule has 1 aromatic heterocycles. The fourth-order valence-corrected chi connectivity index (χ4v) is 4.78. The van der Waals surface area contributed by atoms with Crippen molar-refractivity contribution in [1.82, 2.24) is 19.9 Å². The molecule has 0 aliphatic carbocycles. The van der Waals surface area contributed by atoms with Crippen LogP contribution in [0.25, 0.3) is 0 Å². The number of nitrogens with one attached hydrogen (secondary N) is 3. The van der Waals surface area contributed by atoms with Crippen LogP contribution in [0.4, 0.5) is 5.13 Å². The number of rotatable bonds is 10. The Morgan fingerprint density at radius 2 is 1.95 bits per heavy atom. The first-order valence-corrected chi connectivity index (χ1v) is 12.7. The summed E-state index contributed by atoms with van der Waals surface area (Å²) in [7, 11) is -4.07. The van der Waals surface area contributed by atoms with Gasteiger partial charge in [-0.25, -0.2) is 17.7 Å². The number of β-lactam (4-membered cyclic amide) rings is 1. The van der Waals surface area contributed by atoms with Gasteiger partial charge in [0.1, 0.15) is 24.7 Å². The molecule has 1 aliphatic rings. The summed E-state index contributed by atoms with van der Waals surface area (Å²) in [6, 6.07) is 5.06. The number of oxime groups is 1. The van der Waals surface area contributed by atoms with Gasteiger partial charge in [0, 0.05) is 17.5 Å². The second-order valence-electron chi connectivity index (χ2n) is 7.03. The van der Waals surface area contributed by atoms with Crippen molar-refractivity contribution in [3.63, 3.8) is 0 Å². The summed E-state index contributed by atoms with van der Waals surface area (Å²) >= 11 is 6.39. The van der Waals surface area contributed by atoms with E-state index in [1.165, 1.54) is 17.5 Å². The van der Waals surface area contributed by atoms with Crippen LogP contribution in [0.1, 0.15) is 16.1 Å². The largest absolute Gasteiger partial charge is 1.00 e. The summed E-state index contributed by atoms with van der Waals surface area (Å²) in [6.07, 6.45) is 0. The molecule has 2 atom stereocenters. The van der Waals surface area contributed by atoms with E-state index in [9.17, 15) is 32.1 Å². The zero-order chi connectivity index (χ0) is 26.5. The molecule has 0 radical (unpaired) electrons. The molecule has 1 saturated heterocycles. The molecule has 2 heterocycles. The number of carbonyl (C=O) groups excluding carboxylic acids is 4. The topological polar surface area (TPSA) is 199 Å². The van der Waals surface area contributed by atoms with Gasteiger partial charge in [0.25, 0.3) is 17.7 Å². The molecule has 18 heteroatoms. The smallest absolute Gasteiger partial charge is 0.731 e. The van der Waals surface area contributed by atoms with Gasteiger partial charge in [-0.1, -0.05) is 23.4 Å². The molecule has 14 nitrogen and oxygen atoms in total. The molecule has 2 aromatic rings. The summed E-state index contributed by atoms with van der Waals surface area (Å²) in [5.41, 5.74) is -0.169. The number of carbonyl (C=O) groups is 4. The fraction of sp³-hybridized carbons (Fsp3) is 0.263. The van der Waals surface area contributed by atoms with E-state index in [2.05, 4.69) is 30.9 Å². The van der Waals surface area contributed by atoms with Crippen LogP contribution >= 0.6 is 22.9 Å². The Balaban J connectivity index is 0.00000481. The molecule has 1 aromatic carbocycles. The summed E-state index contributed by atoms with van der Waals surface area (Å²) in [4.78, 5) is 57.8. The van der Waals surface area contributed by atoms with Gasteiger partial charge in [-0.2, -0.15) is 0 Å². The first kappa shape index (κ1) is 30.6. The number of nitrogens with zero attached hydrogens (tertiary/aromatic N) is 3. The predicted octanol–water partition coefficient (Wildman–Crippen LogP) is -3.74. The van der Waals surface area contributed by atoms with Gasteiger partial charge in [0.05, 0.1) is 6.04 Å². The quantitative estimate of drug-likeness (QED) is 0.0631. The van der Waals surface area contributed by atoms with E-state index in [0.29, 0.717) is 0 Å². The molecule has 192 valence electrons. The van der Waals surface area contributed by atoms with Gasteiger partial charge in [0.2, 0.25) is 5.91 Å². The van der Waals surface area contributed by atoms with Crippen molar-refractivity contribution >= 4 is 67.7 Å². The van der Waals surface area contributed by atoms with Crippen molar-refractivity contribution in [1.29, 1.82) is 0 Å². The minimum Gasteiger partial charge on any atom is -0.731 e. The molecule has 0 bridgehead atoms. The Morgan fingerprint density at radius 1 is 1.27 bits per heavy atom. The van der Waals surface area contributed by atoms with Crippen molar-refractivity contribution in [3.05, 3.63) is 47.0 Å². The Hall–Kier alpha value is -2.60. The van der Waals surface area contributed by atoms with Crippen LogP contribution in [0, 0.1) is 0 Å². The minimum atomic E-state index is -5.22. The zero-order valence-electron chi connectivity index (χ0n) is 19.3. The maximum absolute atomic E-state index is 12.9. The van der Waals surface area contributed by atoms with Gasteiger partial charge < -0.3 is 25.3 Å². The number of hydrogen-bond donors (Lipinski definition) is 3. The van der Waals surface area contributed by atoms with Crippen molar-refractivity contribution < 1.29 is 66.5 Å². The van der Waals surface area contributed by atoms with E-state index in [4.69, 9.17) is 11.6 Å². The molecule has 3 rings (SSSR count). The van der Waals surface area contributed by atoms with E-state index < -0.39 is 58.3 Å². The van der Waals surface area contributed by atoms with Gasteiger partial charge in [-0.15, -0.1) is 22.9 Å². The van der Waals surface area contributed by atoms with Crippen molar-refractivity contribution in [2.24, 2.45) is 5.16 Å². The number of hydrogen-bond acceptors (Lipinski definition) is 11. The number of aromatic nitrogens is 1. The minimum absolute atomic E-state index is 0. The van der Waals surface area contributed by atoms with Crippen LogP contribution in [0.15, 0.2) is 40.9 Å². The number of alkyl halides is 1. The summed E-state index contributed by atoms with van der Waals surface area (Å²) in [6.45, 7) is -0.450. The van der Waals surface area contributed by atoms with Gasteiger partial charge in [0.15, 0.2) is 21.1 Å². The second kappa shape index (κ2) is 13.3. The maximum Gasteiger partial charge on any atom is 1.00 e. The molecule has 37 heavy (non-hydrogen) atoms. The number of halogens is 1. The molecule has 1 fully saturated rings. The standard InChI is InChI=1S/C19H19ClN6O8S2.Na/c1-34-25-14(11-9-35-19(22-11)23-13(27)7-20)17(29)24-15-12(26(18(15)30)36(31,32)33)8-21-16(28)10-5-3-2-4-6-10;/h2-6,9,12,15H,7-8H2,1H3,(H,21,28)(H,24,29)(H,22,23,27)(H,31,32,33);/q;+1/p-1/t12-,15+;/m1./s1. The Bertz CT molecular complexity index is 1310. The maximum atomic E-state index is 12.9. The summed E-state index contributed by atoms with van der Waals surface area (Å²) in [5.74, 6) is -3.62. The van der Waals surface area contributed by atoms with Gasteiger partial charge >= 0.3 is 29.6 Å². The SMILES string of the molecule is CON=C(C(=O)N[C@@H]1C(=O)N(S(=O)(=O)[O-])[C@@H]1CNC(=O)c1ccccc1)c1csc(NC(=O)CCl)n1.[Na+]. The van der Waals surface area contributed by atoms with Crippen LogP contribution in [-0.2, 0) is 29.5 Å². The van der Waals surface area contributed by atoms with Crippen molar-refractivity contribution in [2.75, 3.05) is 24.9 Å². The molecule has 1 aliphatic heterocycles. The number of anilines is 1. The average Bonchev–Trinajstić information content (AvgIpc) is 3.30. The van der Waals surface area contributed by atoms with Crippen LogP contribution in [0.3, 0.4) is 0 Å². The predicted molar refractivity (Wildman–Crippen MR) is 126 cm³/mol. The number of amides is 4. The van der Waals surface area contributed by atoms with Crippen LogP contribution in [-0.4, -0.2) is 83.2 Å². The third kappa shape index (κ3) is 7.47. The molecule has 0 unspecified atom stereocenters. The monoisotopic (exact) mass is 580 g/mol. The van der Waals surface area contributed by atoms with Gasteiger partial charge in [-0.3, -0.25) is 19.2 Å². The van der Waals surface area contributed by atoms with Crippen LogP contribution < -0.4 is 45.5 Å². The van der Waals surface area contributed by atoms with E-state index in [-0.39, 0.29) is 56.1 Å². The molecule has 0 spiro atoms. The van der Waals surface area contributed by atoms with E-state index >= 15 is 0 Å². The van der Waals surface area contributed by atoms with Crippen LogP contribution in [0.2, 0.25) is 0 Å². The fourth-order valence-electron chi connectivity index (χ4n) is 3.14. The Morgan fingerprint density at radius 3 is 2.54 bits per heavy atom. The molecular weight excluding hydrogens is 563 g/mol. The van der Waals surface area contributed by atoms with E-state index in [1.807, 2.05) is 0 Å². The Kier molecular flexibility index (Phi) is 11.0. The number of thiazole rings is 1. The Labute approximate surface area is 241 Å². The van der Waals surface area contributed by atoms with E-state index in [1.54, 1.807) is 18.2 Å². The third-order valence-corrected chi connectivity index (χ3v) is 6.65. The number of benzene rings is 1. The first-order valence-electron chi connectivity index (χ1n) is 9.93. The average molecular weight is 581 g/mol. The molecule has 0 saturated carbocycles.